The third-order valence-electron chi connectivity index (χ3n) is 5.07. The van der Waals surface area contributed by atoms with Crippen LogP contribution in [0.1, 0.15) is 50.5 Å². The molecule has 8 nitrogen and oxygen atoms in total. The maximum atomic E-state index is 13.4. The van der Waals surface area contributed by atoms with Crippen LogP contribution in [0.5, 0.6) is 0 Å². The van der Waals surface area contributed by atoms with Crippen LogP contribution in [-0.2, 0) is 23.4 Å². The van der Waals surface area contributed by atoms with Gasteiger partial charge in [-0.3, -0.25) is 14.2 Å². The molecule has 2 unspecified atom stereocenters. The highest BCUT2D eigenvalue weighted by Crippen LogP contribution is 2.46. The van der Waals surface area contributed by atoms with Crippen LogP contribution >= 0.6 is 19.3 Å². The zero-order chi connectivity index (χ0) is 23.4. The van der Waals surface area contributed by atoms with Crippen LogP contribution in [0.25, 0.3) is 0 Å². The van der Waals surface area contributed by atoms with E-state index in [9.17, 15) is 14.2 Å². The van der Waals surface area contributed by atoms with Gasteiger partial charge in [0, 0.05) is 11.9 Å². The molecule has 2 rings (SSSR count). The van der Waals surface area contributed by atoms with Crippen molar-refractivity contribution in [3.8, 4) is 0 Å². The standard InChI is InChI=1S/C22H36N3O5PS/c1-3-29-20(26)16-25-21(27)19(17-32-22(25)18-12-8-7-9-13-18)24-31(28,30-4-2)15-11-6-5-10-14-23/h7-9,12-13,19,22H,3-6,10-11,14-17,23H2,1-2H3,(H,24,28)/t19?,22-,31?/m1/s1. The van der Waals surface area contributed by atoms with Crippen molar-refractivity contribution in [1.29, 1.82) is 0 Å². The number of rotatable bonds is 14. The van der Waals surface area contributed by atoms with E-state index in [0.29, 0.717) is 25.1 Å². The number of carbonyl (C=O) groups is 2. The summed E-state index contributed by atoms with van der Waals surface area (Å²) in [4.78, 5) is 27.1. The first-order valence-corrected chi connectivity index (χ1v) is 14.1. The molecule has 0 aliphatic carbocycles. The molecule has 1 aliphatic heterocycles. The minimum atomic E-state index is -3.20. The Morgan fingerprint density at radius 1 is 1.19 bits per heavy atom. The number of amides is 1. The van der Waals surface area contributed by atoms with Crippen molar-refractivity contribution in [3.05, 3.63) is 35.9 Å². The number of hydrogen-bond acceptors (Lipinski definition) is 7. The lowest BCUT2D eigenvalue weighted by Gasteiger charge is -2.39. The van der Waals surface area contributed by atoms with Crippen LogP contribution < -0.4 is 10.8 Å². The molecule has 1 aliphatic rings. The molecule has 1 heterocycles. The largest absolute Gasteiger partial charge is 0.465 e. The second-order valence-electron chi connectivity index (χ2n) is 7.57. The van der Waals surface area contributed by atoms with Crippen LogP contribution in [0.4, 0.5) is 0 Å². The molecule has 1 fully saturated rings. The average Bonchev–Trinajstić information content (AvgIpc) is 2.77. The van der Waals surface area contributed by atoms with Gasteiger partial charge in [0.1, 0.15) is 18.0 Å². The quantitative estimate of drug-likeness (QED) is 0.234. The molecule has 180 valence electrons. The summed E-state index contributed by atoms with van der Waals surface area (Å²) in [5.74, 6) is -0.299. The summed E-state index contributed by atoms with van der Waals surface area (Å²) in [5, 5.41) is 2.71. The first-order chi connectivity index (χ1) is 15.4. The molecule has 1 aromatic rings. The number of benzene rings is 1. The molecule has 3 atom stereocenters. The molecule has 1 saturated heterocycles. The minimum Gasteiger partial charge on any atom is -0.465 e. The second kappa shape index (κ2) is 14.0. The number of ether oxygens (including phenoxy) is 1. The lowest BCUT2D eigenvalue weighted by Crippen LogP contribution is -2.53. The monoisotopic (exact) mass is 485 g/mol. The van der Waals surface area contributed by atoms with E-state index < -0.39 is 19.5 Å². The predicted octanol–water partition coefficient (Wildman–Crippen LogP) is 3.53. The van der Waals surface area contributed by atoms with Gasteiger partial charge in [-0.25, -0.2) is 5.09 Å². The highest BCUT2D eigenvalue weighted by atomic mass is 32.2. The van der Waals surface area contributed by atoms with Gasteiger partial charge in [-0.1, -0.05) is 43.2 Å². The van der Waals surface area contributed by atoms with Gasteiger partial charge in [-0.15, -0.1) is 11.8 Å². The van der Waals surface area contributed by atoms with E-state index in [1.165, 1.54) is 16.7 Å². The van der Waals surface area contributed by atoms with Gasteiger partial charge in [0.05, 0.1) is 13.2 Å². The van der Waals surface area contributed by atoms with E-state index in [-0.39, 0.29) is 24.4 Å². The van der Waals surface area contributed by atoms with Crippen molar-refractivity contribution in [2.24, 2.45) is 5.73 Å². The van der Waals surface area contributed by atoms with Crippen LogP contribution in [0, 0.1) is 0 Å². The SMILES string of the molecule is CCOC(=O)CN1C(=O)C(NP(=O)(CCCCCCN)OCC)CS[C@@H]1c1ccccc1. The highest BCUT2D eigenvalue weighted by molar-refractivity contribution is 7.99. The summed E-state index contributed by atoms with van der Waals surface area (Å²) in [6.45, 7) is 4.55. The second-order valence-corrected chi connectivity index (χ2v) is 11.0. The topological polar surface area (TPSA) is 111 Å². The Morgan fingerprint density at radius 3 is 2.56 bits per heavy atom. The predicted molar refractivity (Wildman–Crippen MR) is 129 cm³/mol. The molecule has 3 N–H and O–H groups in total. The molecule has 1 aromatic carbocycles. The zero-order valence-corrected chi connectivity index (χ0v) is 20.7. The average molecular weight is 486 g/mol. The number of esters is 1. The Bertz CT molecular complexity index is 767. The van der Waals surface area contributed by atoms with E-state index in [0.717, 1.165) is 31.2 Å². The summed E-state index contributed by atoms with van der Waals surface area (Å²) in [6, 6.07) is 8.88. The van der Waals surface area contributed by atoms with Gasteiger partial charge < -0.3 is 19.9 Å². The lowest BCUT2D eigenvalue weighted by atomic mass is 10.2. The van der Waals surface area contributed by atoms with E-state index in [1.54, 1.807) is 13.8 Å². The van der Waals surface area contributed by atoms with Gasteiger partial charge >= 0.3 is 5.97 Å². The molecule has 0 aromatic heterocycles. The van der Waals surface area contributed by atoms with Crippen LogP contribution in [0.2, 0.25) is 0 Å². The maximum Gasteiger partial charge on any atom is 0.325 e. The smallest absolute Gasteiger partial charge is 0.325 e. The third kappa shape index (κ3) is 8.19. The maximum absolute atomic E-state index is 13.4. The Balaban J connectivity index is 2.13. The number of nitrogens with two attached hydrogens (primary N) is 1. The molecule has 10 heteroatoms. The van der Waals surface area contributed by atoms with Crippen molar-refractivity contribution in [2.45, 2.75) is 50.9 Å². The number of nitrogens with one attached hydrogen (secondary N) is 1. The molecule has 32 heavy (non-hydrogen) atoms. The van der Waals surface area contributed by atoms with Gasteiger partial charge in [-0.2, -0.15) is 0 Å². The van der Waals surface area contributed by atoms with Crippen molar-refractivity contribution < 1.29 is 23.4 Å². The fourth-order valence-corrected chi connectivity index (χ4v) is 7.09. The molecule has 0 saturated carbocycles. The van der Waals surface area contributed by atoms with Crippen molar-refractivity contribution in [2.75, 3.05) is 38.2 Å². The fraction of sp³-hybridized carbons (Fsp3) is 0.636. The number of hydrogen-bond donors (Lipinski definition) is 2. The number of thioether (sulfide) groups is 1. The number of nitrogens with zero attached hydrogens (tertiary/aromatic N) is 1. The molecular weight excluding hydrogens is 449 g/mol. The van der Waals surface area contributed by atoms with Crippen LogP contribution in [0.3, 0.4) is 0 Å². The summed E-state index contributed by atoms with van der Waals surface area (Å²) in [5.41, 5.74) is 6.47. The molecule has 0 spiro atoms. The Morgan fingerprint density at radius 2 is 1.91 bits per heavy atom. The summed E-state index contributed by atoms with van der Waals surface area (Å²) in [7, 11) is -3.20. The van der Waals surface area contributed by atoms with E-state index >= 15 is 0 Å². The van der Waals surface area contributed by atoms with Gasteiger partial charge in [0.15, 0.2) is 0 Å². The minimum absolute atomic E-state index is 0.157. The van der Waals surface area contributed by atoms with Crippen LogP contribution in [0.15, 0.2) is 30.3 Å². The van der Waals surface area contributed by atoms with E-state index in [1.807, 2.05) is 30.3 Å². The third-order valence-corrected chi connectivity index (χ3v) is 8.72. The first kappa shape index (κ1) is 26.9. The van der Waals surface area contributed by atoms with Gasteiger partial charge in [0.25, 0.3) is 7.52 Å². The summed E-state index contributed by atoms with van der Waals surface area (Å²) >= 11 is 1.53. The first-order valence-electron chi connectivity index (χ1n) is 11.3. The Kier molecular flexibility index (Phi) is 11.8. The van der Waals surface area contributed by atoms with Crippen LogP contribution in [-0.4, -0.2) is 61.0 Å². The van der Waals surface area contributed by atoms with Gasteiger partial charge in [0.2, 0.25) is 5.91 Å². The van der Waals surface area contributed by atoms with E-state index in [2.05, 4.69) is 5.09 Å². The molecule has 0 radical (unpaired) electrons. The van der Waals surface area contributed by atoms with Crippen molar-refractivity contribution in [1.82, 2.24) is 9.99 Å². The fourth-order valence-electron chi connectivity index (χ4n) is 3.59. The summed E-state index contributed by atoms with van der Waals surface area (Å²) < 4.78 is 24.1. The van der Waals surface area contributed by atoms with Crippen molar-refractivity contribution >= 4 is 31.2 Å². The van der Waals surface area contributed by atoms with E-state index in [4.69, 9.17) is 15.0 Å². The highest BCUT2D eigenvalue weighted by Gasteiger charge is 2.41. The zero-order valence-electron chi connectivity index (χ0n) is 19.0. The normalized spacial score (nSPS) is 20.7. The molecular formula is C22H36N3O5PS. The number of carbonyl (C=O) groups excluding carboxylic acids is 2. The Hall–Kier alpha value is -1.38. The Labute approximate surface area is 195 Å². The van der Waals surface area contributed by atoms with Gasteiger partial charge in [-0.05, 0) is 38.8 Å². The molecule has 0 bridgehead atoms. The molecule has 1 amide bonds. The summed E-state index contributed by atoms with van der Waals surface area (Å²) in [6.07, 6.45) is 3.92. The van der Waals surface area contributed by atoms with Crippen molar-refractivity contribution in [3.63, 3.8) is 0 Å². The number of unbranched alkanes of at least 4 members (excludes halogenated alkanes) is 3. The lowest BCUT2D eigenvalue weighted by molar-refractivity contribution is -0.150.